The highest BCUT2D eigenvalue weighted by Crippen LogP contribution is 2.34. The van der Waals surface area contributed by atoms with E-state index in [-0.39, 0.29) is 77.4 Å². The monoisotopic (exact) mass is 1620 g/mol. The first kappa shape index (κ1) is 85.2. The van der Waals surface area contributed by atoms with Crippen LogP contribution in [0.15, 0.2) is 152 Å². The van der Waals surface area contributed by atoms with Gasteiger partial charge in [-0.05, 0) is 152 Å². The number of carbonyl (C=O) groups excluding carboxylic acids is 9. The van der Waals surface area contributed by atoms with Gasteiger partial charge in [0.25, 0.3) is 5.91 Å². The van der Waals surface area contributed by atoms with Crippen LogP contribution < -0.4 is 62.0 Å². The quantitative estimate of drug-likeness (QED) is 0.0582. The number of hydrogen-bond donors (Lipinski definition) is 11. The number of hydrogen-bond acceptors (Lipinski definition) is 20. The maximum absolute atomic E-state index is 15.4. The Kier molecular flexibility index (Phi) is 27.9. The SMILES string of the molecule is CN[C@@H](C)C(=O)N[C@H](C(=O)N1C[C@@H]2C[C@H]1C(=O)N[C@@H](Cc1ccc3ccccc3c1)C(=O)N[C@H](C(=O)NS(=O)(=O)C1CC1)Cc1ccc(cc1)OCc1cn(nn1)[C@H]1C[C@@H](C(=O)N[C@@H](Cc3ccc4ccccc4c3)C(=O)N[C@H](C(=O)O)Cc3ccc(cc3)OC/C=C/CO2)N(C(=O)[C@@H](NC(=O)[C@H](C)NC)C(C)(C)C)C1)C1CCNCC1. The molecule has 12 atom stereocenters. The second-order valence-corrected chi connectivity index (χ2v) is 34.0. The number of nitrogens with one attached hydrogen (secondary N) is 10. The highest BCUT2D eigenvalue weighted by molar-refractivity contribution is 7.91. The van der Waals surface area contributed by atoms with Crippen molar-refractivity contribution >= 4 is 90.7 Å². The van der Waals surface area contributed by atoms with Crippen LogP contribution in [0.4, 0.5) is 0 Å². The second kappa shape index (κ2) is 38.3. The van der Waals surface area contributed by atoms with Gasteiger partial charge in [0.15, 0.2) is 0 Å². The van der Waals surface area contributed by atoms with Crippen molar-refractivity contribution in [2.75, 3.05) is 53.5 Å². The summed E-state index contributed by atoms with van der Waals surface area (Å²) < 4.78 is 49.6. The molecule has 0 radical (unpaired) electrons. The predicted octanol–water partition coefficient (Wildman–Crippen LogP) is 3.37. The fourth-order valence-electron chi connectivity index (χ4n) is 15.2. The van der Waals surface area contributed by atoms with E-state index in [1.807, 2.05) is 84.9 Å². The molecule has 10 bridgehead atoms. The smallest absolute Gasteiger partial charge is 0.326 e. The van der Waals surface area contributed by atoms with Crippen molar-refractivity contribution in [2.24, 2.45) is 11.3 Å². The fraction of sp³-hybridized carbons (Fsp3) is 0.459. The summed E-state index contributed by atoms with van der Waals surface area (Å²) in [6, 6.07) is 26.6. The van der Waals surface area contributed by atoms with Crippen molar-refractivity contribution in [1.82, 2.24) is 77.4 Å². The number of benzene rings is 6. The number of likely N-dealkylation sites (N-methyl/N-ethyl adjacent to an activating group) is 2. The van der Waals surface area contributed by atoms with Gasteiger partial charge in [0, 0.05) is 51.6 Å². The Hall–Kier alpha value is -11.2. The number of rotatable bonds is 17. The van der Waals surface area contributed by atoms with Gasteiger partial charge in [-0.25, -0.2) is 17.9 Å². The zero-order valence-electron chi connectivity index (χ0n) is 66.8. The Balaban J connectivity index is 0.867. The predicted molar refractivity (Wildman–Crippen MR) is 435 cm³/mol. The lowest BCUT2D eigenvalue weighted by atomic mass is 9.85. The lowest BCUT2D eigenvalue weighted by Crippen LogP contribution is -2.60. The number of aromatic nitrogens is 3. The lowest BCUT2D eigenvalue weighted by molar-refractivity contribution is -0.145. The molecule has 1 saturated carbocycles. The Labute approximate surface area is 679 Å². The lowest BCUT2D eigenvalue weighted by Gasteiger charge is -2.36. The Morgan fingerprint density at radius 1 is 0.598 bits per heavy atom. The molecule has 32 heteroatoms. The molecular weight excluding hydrogens is 1520 g/mol. The molecular formula is C85H105N15O16S. The molecule has 6 aromatic carbocycles. The van der Waals surface area contributed by atoms with Crippen molar-refractivity contribution in [3.05, 3.63) is 180 Å². The summed E-state index contributed by atoms with van der Waals surface area (Å²) in [7, 11) is -0.943. The van der Waals surface area contributed by atoms with Gasteiger partial charge < -0.3 is 77.0 Å². The molecule has 31 nitrogen and oxygen atoms in total. The van der Waals surface area contributed by atoms with E-state index in [1.165, 1.54) is 14.5 Å². The van der Waals surface area contributed by atoms with E-state index in [1.54, 1.807) is 116 Å². The van der Waals surface area contributed by atoms with Gasteiger partial charge in [0.1, 0.15) is 78.7 Å². The standard InChI is InChI=1S/C85H105N15O16S/c1-50(86-6)75(101)93-73(58-32-34-88-35-33-58)82(108)99-48-65-45-72(99)81(107)91-67(42-54-18-24-56-14-8-10-16-59(56)38-54)77(103)89-69(79(105)96-117(112,113)66-30-31-66)40-52-22-28-64(29-23-52)116-49-61-46-100(97-95-61)62-44-71(98(47-62)83(109)74(85(3,4)5)94-76(102)51(2)87-7)80(106)90-68(43-55-19-25-57-15-9-11-17-60(57)39-55)78(104)92-70(84(110)111)41-53-20-26-63(27-21-53)114-36-12-13-37-115-65/h8-29,38-39,46,50-51,58,62,65-74,86-88H,30-37,40-45,47-49H2,1-7H3,(H,89,103)(H,90,106)(H,91,107)(H,92,104)(H,93,101)(H,94,102)(H,96,105)(H,110,111)/b13-12+/t50-,51-,62-,65-,67-,68-,69-,70-,71-,72-,73-,74+/m0/s1. The highest BCUT2D eigenvalue weighted by atomic mass is 32.2. The topological polar surface area (TPSA) is 410 Å². The van der Waals surface area contributed by atoms with Gasteiger partial charge in [-0.15, -0.1) is 5.10 Å². The minimum atomic E-state index is -4.18. The van der Waals surface area contributed by atoms with Crippen molar-refractivity contribution in [3.8, 4) is 11.5 Å². The van der Waals surface area contributed by atoms with E-state index in [9.17, 15) is 37.5 Å². The van der Waals surface area contributed by atoms with Crippen LogP contribution in [0, 0.1) is 11.3 Å². The molecule has 1 aliphatic carbocycles. The van der Waals surface area contributed by atoms with E-state index in [2.05, 4.69) is 62.9 Å². The van der Waals surface area contributed by atoms with Crippen molar-refractivity contribution in [3.63, 3.8) is 0 Å². The Morgan fingerprint density at radius 2 is 1.12 bits per heavy atom. The van der Waals surface area contributed by atoms with E-state index < -0.39 is 152 Å². The van der Waals surface area contributed by atoms with E-state index in [4.69, 9.17) is 14.2 Å². The van der Waals surface area contributed by atoms with Crippen LogP contribution in [0.25, 0.3) is 21.5 Å². The number of fused-ring (bicyclic) bond motifs is 2. The zero-order valence-corrected chi connectivity index (χ0v) is 67.6. The van der Waals surface area contributed by atoms with E-state index >= 15 is 24.0 Å². The molecule has 622 valence electrons. The highest BCUT2D eigenvalue weighted by Gasteiger charge is 2.49. The van der Waals surface area contributed by atoms with Crippen molar-refractivity contribution in [1.29, 1.82) is 0 Å². The number of piperidine rings is 1. The van der Waals surface area contributed by atoms with Crippen LogP contribution >= 0.6 is 0 Å². The van der Waals surface area contributed by atoms with Crippen LogP contribution in [0.1, 0.15) is 107 Å². The summed E-state index contributed by atoms with van der Waals surface area (Å²) in [5, 5.41) is 48.7. The van der Waals surface area contributed by atoms with Gasteiger partial charge in [-0.1, -0.05) is 141 Å². The van der Waals surface area contributed by atoms with Gasteiger partial charge in [-0.3, -0.25) is 47.9 Å². The van der Waals surface area contributed by atoms with E-state index in [0.29, 0.717) is 78.2 Å². The number of carbonyl (C=O) groups is 10. The zero-order chi connectivity index (χ0) is 83.2. The van der Waals surface area contributed by atoms with Gasteiger partial charge in [0.2, 0.25) is 57.3 Å². The molecule has 3 saturated heterocycles. The summed E-state index contributed by atoms with van der Waals surface area (Å²) >= 11 is 0. The van der Waals surface area contributed by atoms with Crippen LogP contribution in [-0.2, 0) is 95.0 Å². The molecule has 15 rings (SSSR count). The number of carboxylic acids is 1. The summed E-state index contributed by atoms with van der Waals surface area (Å²) in [4.78, 5) is 150. The van der Waals surface area contributed by atoms with Crippen LogP contribution in [-0.4, -0.2) is 223 Å². The fourth-order valence-corrected chi connectivity index (χ4v) is 16.5. The van der Waals surface area contributed by atoms with Gasteiger partial charge >= 0.3 is 5.97 Å². The third kappa shape index (κ3) is 22.1. The van der Waals surface area contributed by atoms with Crippen molar-refractivity contribution < 1.29 is 75.7 Å². The number of nitrogens with zero attached hydrogens (tertiary/aromatic N) is 5. The maximum Gasteiger partial charge on any atom is 0.326 e. The summed E-state index contributed by atoms with van der Waals surface area (Å²) in [6.45, 7) is 9.49. The van der Waals surface area contributed by atoms with Crippen LogP contribution in [0.5, 0.6) is 11.5 Å². The molecule has 11 N–H and O–H groups in total. The van der Waals surface area contributed by atoms with E-state index in [0.717, 1.165) is 21.5 Å². The Morgan fingerprint density at radius 3 is 1.68 bits per heavy atom. The molecule has 0 unspecified atom stereocenters. The largest absolute Gasteiger partial charge is 0.490 e. The van der Waals surface area contributed by atoms with Crippen LogP contribution in [0.3, 0.4) is 0 Å². The Bertz CT molecular complexity index is 4910. The van der Waals surface area contributed by atoms with Gasteiger partial charge in [-0.2, -0.15) is 0 Å². The summed E-state index contributed by atoms with van der Waals surface area (Å²) in [5.41, 5.74) is 1.65. The number of likely N-dealkylation sites (tertiary alicyclic amines) is 2. The molecule has 7 aromatic rings. The first-order valence-electron chi connectivity index (χ1n) is 39.9. The third-order valence-electron chi connectivity index (χ3n) is 22.4. The minimum Gasteiger partial charge on any atom is -0.490 e. The second-order valence-electron chi connectivity index (χ2n) is 32.0. The number of amides is 9. The maximum atomic E-state index is 15.4. The number of carboxylic acid groups (broad SMARTS) is 1. The molecule has 117 heavy (non-hydrogen) atoms. The van der Waals surface area contributed by atoms with Gasteiger partial charge in [0.05, 0.1) is 42.3 Å². The molecule has 8 aliphatic rings. The van der Waals surface area contributed by atoms with Crippen LogP contribution in [0.2, 0.25) is 0 Å². The first-order valence-corrected chi connectivity index (χ1v) is 41.5. The number of aliphatic carboxylic acids is 1. The van der Waals surface area contributed by atoms with Crippen molar-refractivity contribution in [2.45, 2.75) is 183 Å². The molecule has 7 aliphatic heterocycles. The molecule has 9 amide bonds. The molecule has 1 aromatic heterocycles. The molecule has 4 fully saturated rings. The molecule has 8 heterocycles. The summed E-state index contributed by atoms with van der Waals surface area (Å²) in [6.07, 6.45) is 5.24. The average Bonchev–Trinajstić information content (AvgIpc) is 1.68. The minimum absolute atomic E-state index is 0.00610. The third-order valence-corrected chi connectivity index (χ3v) is 24.2. The normalized spacial score (nSPS) is 23.2. The summed E-state index contributed by atoms with van der Waals surface area (Å²) in [5.74, 6) is -7.11. The average molecular weight is 1620 g/mol. The first-order chi connectivity index (χ1) is 56.1. The molecule has 0 spiro atoms. The number of ether oxygens (including phenoxy) is 3. The number of sulfonamides is 1.